The third kappa shape index (κ3) is 5.38. The normalized spacial score (nSPS) is 16.1. The molecular formula is C23H26N2O4. The van der Waals surface area contributed by atoms with Gasteiger partial charge in [-0.05, 0) is 49.9 Å². The first-order valence-corrected chi connectivity index (χ1v) is 9.80. The van der Waals surface area contributed by atoms with E-state index in [1.54, 1.807) is 13.8 Å². The number of ether oxygens (including phenoxy) is 2. The summed E-state index contributed by atoms with van der Waals surface area (Å²) in [4.78, 5) is 24.3. The van der Waals surface area contributed by atoms with Gasteiger partial charge in [-0.3, -0.25) is 0 Å². The Kier molecular flexibility index (Phi) is 6.89. The largest absolute Gasteiger partial charge is 0.494 e. The number of nitrogens with one attached hydrogen (secondary N) is 2. The summed E-state index contributed by atoms with van der Waals surface area (Å²) in [6.45, 7) is 4.33. The molecule has 2 amide bonds. The Morgan fingerprint density at radius 3 is 2.48 bits per heavy atom. The van der Waals surface area contributed by atoms with E-state index in [9.17, 15) is 9.59 Å². The number of aryl methyl sites for hydroxylation is 1. The fourth-order valence-corrected chi connectivity index (χ4v) is 3.29. The average molecular weight is 394 g/mol. The van der Waals surface area contributed by atoms with Gasteiger partial charge in [0.1, 0.15) is 5.75 Å². The fraction of sp³-hybridized carbons (Fsp3) is 0.304. The first-order chi connectivity index (χ1) is 14.1. The Bertz CT molecular complexity index is 876. The molecule has 0 fully saturated rings. The molecule has 152 valence electrons. The van der Waals surface area contributed by atoms with Crippen molar-refractivity contribution in [3.8, 4) is 5.75 Å². The van der Waals surface area contributed by atoms with Crippen molar-refractivity contribution in [2.24, 2.45) is 0 Å². The minimum atomic E-state index is -0.560. The van der Waals surface area contributed by atoms with E-state index in [0.29, 0.717) is 17.9 Å². The quantitative estimate of drug-likeness (QED) is 0.526. The van der Waals surface area contributed by atoms with E-state index in [1.807, 2.05) is 42.5 Å². The molecule has 0 aromatic heterocycles. The second-order valence-corrected chi connectivity index (χ2v) is 6.80. The minimum absolute atomic E-state index is 0.270. The Labute approximate surface area is 170 Å². The minimum Gasteiger partial charge on any atom is -0.494 e. The maximum absolute atomic E-state index is 12.4. The first-order valence-electron chi connectivity index (χ1n) is 9.80. The molecule has 2 aromatic rings. The number of hydrogen-bond donors (Lipinski definition) is 2. The lowest BCUT2D eigenvalue weighted by Crippen LogP contribution is -2.45. The Morgan fingerprint density at radius 2 is 1.79 bits per heavy atom. The highest BCUT2D eigenvalue weighted by Gasteiger charge is 2.32. The number of amides is 2. The van der Waals surface area contributed by atoms with Crippen LogP contribution in [0.4, 0.5) is 4.79 Å². The maximum Gasteiger partial charge on any atom is 0.338 e. The molecule has 0 radical (unpaired) electrons. The summed E-state index contributed by atoms with van der Waals surface area (Å²) in [5, 5.41) is 5.42. The van der Waals surface area contributed by atoms with Crippen LogP contribution in [0.1, 0.15) is 37.4 Å². The molecule has 0 saturated carbocycles. The van der Waals surface area contributed by atoms with E-state index in [1.165, 1.54) is 5.56 Å². The maximum atomic E-state index is 12.4. The monoisotopic (exact) mass is 394 g/mol. The van der Waals surface area contributed by atoms with Crippen LogP contribution in [0, 0.1) is 0 Å². The molecule has 1 aliphatic heterocycles. The van der Waals surface area contributed by atoms with Crippen LogP contribution in [0.5, 0.6) is 5.75 Å². The number of carbonyl (C=O) groups excluding carboxylic acids is 2. The Balaban J connectivity index is 1.62. The molecule has 6 heteroatoms. The van der Waals surface area contributed by atoms with Gasteiger partial charge in [0.15, 0.2) is 0 Å². The summed E-state index contributed by atoms with van der Waals surface area (Å²) >= 11 is 0. The first kappa shape index (κ1) is 20.5. The molecule has 1 aliphatic rings. The predicted molar refractivity (Wildman–Crippen MR) is 110 cm³/mol. The predicted octanol–water partition coefficient (Wildman–Crippen LogP) is 3.89. The molecule has 0 spiro atoms. The molecule has 3 rings (SSSR count). The van der Waals surface area contributed by atoms with E-state index in [2.05, 4.69) is 22.8 Å². The van der Waals surface area contributed by atoms with Crippen molar-refractivity contribution in [1.82, 2.24) is 10.6 Å². The van der Waals surface area contributed by atoms with Gasteiger partial charge in [0, 0.05) is 5.70 Å². The Morgan fingerprint density at radius 1 is 1.07 bits per heavy atom. The highest BCUT2D eigenvalue weighted by Crippen LogP contribution is 2.28. The highest BCUT2D eigenvalue weighted by atomic mass is 16.5. The van der Waals surface area contributed by atoms with Gasteiger partial charge in [-0.2, -0.15) is 0 Å². The lowest BCUT2D eigenvalue weighted by Gasteiger charge is -2.28. The summed E-state index contributed by atoms with van der Waals surface area (Å²) < 4.78 is 11.0. The van der Waals surface area contributed by atoms with Crippen LogP contribution in [0.3, 0.4) is 0 Å². The smallest absolute Gasteiger partial charge is 0.338 e. The molecule has 2 N–H and O–H groups in total. The molecule has 2 aromatic carbocycles. The number of esters is 1. The summed E-state index contributed by atoms with van der Waals surface area (Å²) in [7, 11) is 0. The number of urea groups is 1. The fourth-order valence-electron chi connectivity index (χ4n) is 3.29. The molecule has 0 aliphatic carbocycles. The van der Waals surface area contributed by atoms with E-state index in [-0.39, 0.29) is 12.6 Å². The third-order valence-corrected chi connectivity index (χ3v) is 4.70. The zero-order chi connectivity index (χ0) is 20.6. The van der Waals surface area contributed by atoms with Gasteiger partial charge in [0.25, 0.3) is 0 Å². The van der Waals surface area contributed by atoms with Crippen LogP contribution in [0.25, 0.3) is 0 Å². The van der Waals surface area contributed by atoms with E-state index >= 15 is 0 Å². The SMILES string of the molecule is CCOC(=O)C1=C(C)NC(=O)NC1c1ccc(OCCCc2ccccc2)cc1. The van der Waals surface area contributed by atoms with Crippen molar-refractivity contribution < 1.29 is 19.1 Å². The van der Waals surface area contributed by atoms with Gasteiger partial charge >= 0.3 is 12.0 Å². The lowest BCUT2D eigenvalue weighted by atomic mass is 9.95. The summed E-state index contributed by atoms with van der Waals surface area (Å²) in [6.07, 6.45) is 1.89. The number of benzene rings is 2. The van der Waals surface area contributed by atoms with E-state index in [4.69, 9.17) is 9.47 Å². The standard InChI is InChI=1S/C23H26N2O4/c1-3-28-22(26)20-16(2)24-23(27)25-21(20)18-11-13-19(14-12-18)29-15-7-10-17-8-5-4-6-9-17/h4-6,8-9,11-14,21H,3,7,10,15H2,1-2H3,(H2,24,25,27). The van der Waals surface area contributed by atoms with Crippen LogP contribution in [-0.2, 0) is 16.0 Å². The van der Waals surface area contributed by atoms with Crippen molar-refractivity contribution in [1.29, 1.82) is 0 Å². The molecule has 0 bridgehead atoms. The van der Waals surface area contributed by atoms with Gasteiger partial charge in [-0.1, -0.05) is 42.5 Å². The van der Waals surface area contributed by atoms with Crippen molar-refractivity contribution >= 4 is 12.0 Å². The van der Waals surface area contributed by atoms with Gasteiger partial charge < -0.3 is 20.1 Å². The topological polar surface area (TPSA) is 76.7 Å². The van der Waals surface area contributed by atoms with Crippen molar-refractivity contribution in [3.63, 3.8) is 0 Å². The molecular weight excluding hydrogens is 368 g/mol. The molecule has 6 nitrogen and oxygen atoms in total. The van der Waals surface area contributed by atoms with Gasteiger partial charge in [-0.15, -0.1) is 0 Å². The van der Waals surface area contributed by atoms with Gasteiger partial charge in [0.05, 0.1) is 24.8 Å². The second kappa shape index (κ2) is 9.78. The summed E-state index contributed by atoms with van der Waals surface area (Å²) in [6, 6.07) is 16.8. The van der Waals surface area contributed by atoms with Crippen LogP contribution in [0.15, 0.2) is 65.9 Å². The van der Waals surface area contributed by atoms with Gasteiger partial charge in [0.2, 0.25) is 0 Å². The summed E-state index contributed by atoms with van der Waals surface area (Å²) in [5.74, 6) is 0.309. The summed E-state index contributed by atoms with van der Waals surface area (Å²) in [5.41, 5.74) is 2.99. The number of hydrogen-bond acceptors (Lipinski definition) is 4. The number of allylic oxidation sites excluding steroid dienone is 1. The Hall–Kier alpha value is -3.28. The van der Waals surface area contributed by atoms with Crippen LogP contribution >= 0.6 is 0 Å². The molecule has 1 heterocycles. The third-order valence-electron chi connectivity index (χ3n) is 4.70. The van der Waals surface area contributed by atoms with Crippen molar-refractivity contribution in [3.05, 3.63) is 77.0 Å². The van der Waals surface area contributed by atoms with Crippen molar-refractivity contribution in [2.75, 3.05) is 13.2 Å². The zero-order valence-corrected chi connectivity index (χ0v) is 16.7. The zero-order valence-electron chi connectivity index (χ0n) is 16.7. The average Bonchev–Trinajstić information content (AvgIpc) is 2.72. The lowest BCUT2D eigenvalue weighted by molar-refractivity contribution is -0.139. The molecule has 29 heavy (non-hydrogen) atoms. The van der Waals surface area contributed by atoms with Crippen LogP contribution < -0.4 is 15.4 Å². The number of rotatable bonds is 8. The molecule has 1 unspecified atom stereocenters. The second-order valence-electron chi connectivity index (χ2n) is 6.80. The number of carbonyl (C=O) groups is 2. The van der Waals surface area contributed by atoms with Crippen LogP contribution in [0.2, 0.25) is 0 Å². The van der Waals surface area contributed by atoms with Crippen LogP contribution in [-0.4, -0.2) is 25.2 Å². The van der Waals surface area contributed by atoms with Crippen molar-refractivity contribution in [2.45, 2.75) is 32.7 Å². The van der Waals surface area contributed by atoms with Gasteiger partial charge in [-0.25, -0.2) is 9.59 Å². The highest BCUT2D eigenvalue weighted by molar-refractivity contribution is 5.95. The molecule has 0 saturated heterocycles. The van der Waals surface area contributed by atoms with E-state index < -0.39 is 12.0 Å². The molecule has 1 atom stereocenters. The van der Waals surface area contributed by atoms with E-state index in [0.717, 1.165) is 24.2 Å².